The van der Waals surface area contributed by atoms with Gasteiger partial charge in [0, 0.05) is 6.04 Å². The highest BCUT2D eigenvalue weighted by Crippen LogP contribution is 2.23. The van der Waals surface area contributed by atoms with Gasteiger partial charge in [0.1, 0.15) is 10.6 Å². The van der Waals surface area contributed by atoms with Crippen LogP contribution in [-0.2, 0) is 10.0 Å². The molecule has 2 N–H and O–H groups in total. The zero-order valence-corrected chi connectivity index (χ0v) is 11.9. The Morgan fingerprint density at radius 3 is 2.28 bits per heavy atom. The normalized spacial score (nSPS) is 13.8. The molecule has 1 atom stereocenters. The van der Waals surface area contributed by atoms with Crippen LogP contribution in [0.15, 0.2) is 29.2 Å². The molecule has 18 heavy (non-hydrogen) atoms. The standard InChI is InChI=1S/C13H21NO3S/c1-4-11(5-2)10(3)14-18(16,17)13-9-7-6-8-12(13)15/h6-11,14-15H,4-5H2,1-3H3. The second-order valence-corrected chi connectivity index (χ2v) is 6.14. The van der Waals surface area contributed by atoms with Gasteiger partial charge in [-0.15, -0.1) is 0 Å². The molecule has 0 aliphatic rings. The Labute approximate surface area is 109 Å². The van der Waals surface area contributed by atoms with Crippen LogP contribution in [0, 0.1) is 5.92 Å². The predicted octanol–water partition coefficient (Wildman–Crippen LogP) is 2.50. The molecular formula is C13H21NO3S. The molecule has 0 aliphatic carbocycles. The Bertz CT molecular complexity index is 481. The Hall–Kier alpha value is -1.07. The number of hydrogen-bond donors (Lipinski definition) is 2. The van der Waals surface area contributed by atoms with Crippen molar-refractivity contribution in [3.63, 3.8) is 0 Å². The van der Waals surface area contributed by atoms with Crippen molar-refractivity contribution in [2.75, 3.05) is 0 Å². The minimum absolute atomic E-state index is 0.0668. The van der Waals surface area contributed by atoms with E-state index in [1.54, 1.807) is 12.1 Å². The lowest BCUT2D eigenvalue weighted by atomic mass is 9.96. The van der Waals surface area contributed by atoms with Crippen LogP contribution in [0.5, 0.6) is 5.75 Å². The number of nitrogens with one attached hydrogen (secondary N) is 1. The highest BCUT2D eigenvalue weighted by molar-refractivity contribution is 7.89. The van der Waals surface area contributed by atoms with Gasteiger partial charge in [0.05, 0.1) is 0 Å². The van der Waals surface area contributed by atoms with Crippen LogP contribution < -0.4 is 4.72 Å². The highest BCUT2D eigenvalue weighted by atomic mass is 32.2. The van der Waals surface area contributed by atoms with Crippen molar-refractivity contribution in [1.29, 1.82) is 0 Å². The van der Waals surface area contributed by atoms with E-state index in [1.807, 2.05) is 20.8 Å². The number of aromatic hydroxyl groups is 1. The lowest BCUT2D eigenvalue weighted by Gasteiger charge is -2.22. The van der Waals surface area contributed by atoms with E-state index in [0.717, 1.165) is 12.8 Å². The van der Waals surface area contributed by atoms with Crippen LogP contribution in [0.3, 0.4) is 0 Å². The van der Waals surface area contributed by atoms with Crippen molar-refractivity contribution in [3.05, 3.63) is 24.3 Å². The average Bonchev–Trinajstić information content (AvgIpc) is 2.30. The molecule has 0 fully saturated rings. The van der Waals surface area contributed by atoms with E-state index >= 15 is 0 Å². The third-order valence-electron chi connectivity index (χ3n) is 3.25. The fraction of sp³-hybridized carbons (Fsp3) is 0.538. The van der Waals surface area contributed by atoms with Crippen LogP contribution in [0.25, 0.3) is 0 Å². The first-order valence-corrected chi connectivity index (χ1v) is 7.71. The fourth-order valence-electron chi connectivity index (χ4n) is 2.08. The summed E-state index contributed by atoms with van der Waals surface area (Å²) in [5, 5.41) is 9.59. The number of benzene rings is 1. The summed E-state index contributed by atoms with van der Waals surface area (Å²) < 4.78 is 26.9. The van der Waals surface area contributed by atoms with Gasteiger partial charge in [-0.3, -0.25) is 0 Å². The highest BCUT2D eigenvalue weighted by Gasteiger charge is 2.23. The second-order valence-electron chi connectivity index (χ2n) is 4.45. The molecule has 0 amide bonds. The number of rotatable bonds is 6. The maximum Gasteiger partial charge on any atom is 0.244 e. The molecule has 0 saturated carbocycles. The Balaban J connectivity index is 2.93. The molecule has 1 unspecified atom stereocenters. The molecule has 0 bridgehead atoms. The van der Waals surface area contributed by atoms with Crippen LogP contribution >= 0.6 is 0 Å². The van der Waals surface area contributed by atoms with E-state index in [1.165, 1.54) is 12.1 Å². The number of sulfonamides is 1. The van der Waals surface area contributed by atoms with E-state index in [9.17, 15) is 13.5 Å². The van der Waals surface area contributed by atoms with E-state index in [4.69, 9.17) is 0 Å². The van der Waals surface area contributed by atoms with E-state index in [-0.39, 0.29) is 16.7 Å². The molecule has 1 aromatic rings. The zero-order valence-electron chi connectivity index (χ0n) is 11.1. The zero-order chi connectivity index (χ0) is 13.8. The van der Waals surface area contributed by atoms with Gasteiger partial charge < -0.3 is 5.11 Å². The molecule has 1 rings (SSSR count). The minimum Gasteiger partial charge on any atom is -0.507 e. The van der Waals surface area contributed by atoms with Crippen molar-refractivity contribution in [3.8, 4) is 5.75 Å². The van der Waals surface area contributed by atoms with Crippen molar-refractivity contribution < 1.29 is 13.5 Å². The first kappa shape index (κ1) is 15.0. The summed E-state index contributed by atoms with van der Waals surface area (Å²) in [6.45, 7) is 5.94. The molecule has 0 heterocycles. The predicted molar refractivity (Wildman–Crippen MR) is 72.0 cm³/mol. The first-order valence-electron chi connectivity index (χ1n) is 6.22. The molecule has 0 aliphatic heterocycles. The van der Waals surface area contributed by atoms with Crippen molar-refractivity contribution in [2.24, 2.45) is 5.92 Å². The third kappa shape index (κ3) is 3.46. The van der Waals surface area contributed by atoms with Crippen LogP contribution in [0.4, 0.5) is 0 Å². The summed E-state index contributed by atoms with van der Waals surface area (Å²) in [6.07, 6.45) is 1.84. The van der Waals surface area contributed by atoms with Crippen LogP contribution in [0.2, 0.25) is 0 Å². The summed E-state index contributed by atoms with van der Waals surface area (Å²) in [5.74, 6) is 0.0763. The molecule has 1 aromatic carbocycles. The van der Waals surface area contributed by atoms with Gasteiger partial charge in [0.15, 0.2) is 0 Å². The summed E-state index contributed by atoms with van der Waals surface area (Å²) in [6, 6.07) is 5.81. The lowest BCUT2D eigenvalue weighted by molar-refractivity contribution is 0.389. The van der Waals surface area contributed by atoms with Crippen LogP contribution in [-0.4, -0.2) is 19.6 Å². The second kappa shape index (κ2) is 6.20. The lowest BCUT2D eigenvalue weighted by Crippen LogP contribution is -2.37. The smallest absolute Gasteiger partial charge is 0.244 e. The number of para-hydroxylation sites is 1. The number of phenolic OH excluding ortho intramolecular Hbond substituents is 1. The van der Waals surface area contributed by atoms with E-state index < -0.39 is 10.0 Å². The monoisotopic (exact) mass is 271 g/mol. The third-order valence-corrected chi connectivity index (χ3v) is 4.86. The van der Waals surface area contributed by atoms with Gasteiger partial charge in [-0.1, -0.05) is 38.8 Å². The van der Waals surface area contributed by atoms with E-state index in [0.29, 0.717) is 5.92 Å². The Morgan fingerprint density at radius 1 is 1.22 bits per heavy atom. The Morgan fingerprint density at radius 2 is 1.78 bits per heavy atom. The van der Waals surface area contributed by atoms with E-state index in [2.05, 4.69) is 4.72 Å². The molecule has 0 aromatic heterocycles. The van der Waals surface area contributed by atoms with Crippen molar-refractivity contribution in [2.45, 2.75) is 44.6 Å². The topological polar surface area (TPSA) is 66.4 Å². The quantitative estimate of drug-likeness (QED) is 0.835. The first-order chi connectivity index (χ1) is 8.42. The molecular weight excluding hydrogens is 250 g/mol. The SMILES string of the molecule is CCC(CC)C(C)NS(=O)(=O)c1ccccc1O. The molecule has 0 spiro atoms. The Kier molecular flexibility index (Phi) is 5.16. The minimum atomic E-state index is -3.66. The van der Waals surface area contributed by atoms with Gasteiger partial charge >= 0.3 is 0 Å². The molecule has 0 radical (unpaired) electrons. The van der Waals surface area contributed by atoms with Crippen LogP contribution in [0.1, 0.15) is 33.6 Å². The van der Waals surface area contributed by atoms with Gasteiger partial charge in [-0.2, -0.15) is 0 Å². The summed E-state index contributed by atoms with van der Waals surface area (Å²) in [4.78, 5) is -0.0668. The molecule has 5 heteroatoms. The largest absolute Gasteiger partial charge is 0.507 e. The molecule has 0 saturated heterocycles. The maximum absolute atomic E-state index is 12.1. The number of hydrogen-bond acceptors (Lipinski definition) is 3. The van der Waals surface area contributed by atoms with Crippen molar-refractivity contribution >= 4 is 10.0 Å². The fourth-order valence-corrected chi connectivity index (χ4v) is 3.49. The summed E-state index contributed by atoms with van der Waals surface area (Å²) in [7, 11) is -3.66. The summed E-state index contributed by atoms with van der Waals surface area (Å²) in [5.41, 5.74) is 0. The average molecular weight is 271 g/mol. The van der Waals surface area contributed by atoms with Gasteiger partial charge in [0.2, 0.25) is 10.0 Å². The van der Waals surface area contributed by atoms with Crippen molar-refractivity contribution in [1.82, 2.24) is 4.72 Å². The maximum atomic E-state index is 12.1. The summed E-state index contributed by atoms with van der Waals surface area (Å²) >= 11 is 0. The molecule has 4 nitrogen and oxygen atoms in total. The van der Waals surface area contributed by atoms with Gasteiger partial charge in [0.25, 0.3) is 0 Å². The van der Waals surface area contributed by atoms with Gasteiger partial charge in [-0.25, -0.2) is 13.1 Å². The number of phenols is 1. The van der Waals surface area contributed by atoms with Gasteiger partial charge in [-0.05, 0) is 25.0 Å². The molecule has 102 valence electrons.